The standard InChI is InChI=1S/C18H23ClN2O2/c19-14-8-6-13(7-9-14)17(22)12-16(21-10-11-21)18(23)20-15-4-2-1-3-5-15/h6-9,15-16H,1-5,10-12H2,(H,20,23). The molecule has 1 saturated carbocycles. The zero-order chi connectivity index (χ0) is 16.2. The maximum atomic E-state index is 12.6. The minimum atomic E-state index is -0.333. The van der Waals surface area contributed by atoms with Gasteiger partial charge in [0.1, 0.15) is 0 Å². The van der Waals surface area contributed by atoms with Gasteiger partial charge in [0, 0.05) is 36.1 Å². The van der Waals surface area contributed by atoms with Crippen LogP contribution in [0.1, 0.15) is 48.9 Å². The Labute approximate surface area is 142 Å². The van der Waals surface area contributed by atoms with Crippen molar-refractivity contribution in [3.8, 4) is 0 Å². The molecule has 4 nitrogen and oxygen atoms in total. The van der Waals surface area contributed by atoms with E-state index in [9.17, 15) is 9.59 Å². The third-order valence-electron chi connectivity index (χ3n) is 4.72. The van der Waals surface area contributed by atoms with Gasteiger partial charge in [-0.25, -0.2) is 0 Å². The number of carbonyl (C=O) groups is 2. The van der Waals surface area contributed by atoms with Crippen molar-refractivity contribution in [2.24, 2.45) is 0 Å². The Morgan fingerprint density at radius 2 is 1.78 bits per heavy atom. The molecule has 0 radical (unpaired) electrons. The lowest BCUT2D eigenvalue weighted by molar-refractivity contribution is -0.125. The van der Waals surface area contributed by atoms with Gasteiger partial charge in [-0.05, 0) is 37.1 Å². The monoisotopic (exact) mass is 334 g/mol. The zero-order valence-corrected chi connectivity index (χ0v) is 14.0. The molecule has 1 unspecified atom stereocenters. The van der Waals surface area contributed by atoms with Crippen molar-refractivity contribution in [3.63, 3.8) is 0 Å². The van der Waals surface area contributed by atoms with Gasteiger partial charge in [-0.15, -0.1) is 0 Å². The van der Waals surface area contributed by atoms with E-state index in [1.807, 2.05) is 0 Å². The zero-order valence-electron chi connectivity index (χ0n) is 13.3. The van der Waals surface area contributed by atoms with Crippen LogP contribution in [0, 0.1) is 0 Å². The van der Waals surface area contributed by atoms with Gasteiger partial charge in [0.15, 0.2) is 5.78 Å². The van der Waals surface area contributed by atoms with Crippen molar-refractivity contribution in [2.75, 3.05) is 13.1 Å². The molecule has 1 amide bonds. The second-order valence-corrected chi connectivity index (χ2v) is 6.97. The van der Waals surface area contributed by atoms with Gasteiger partial charge >= 0.3 is 0 Å². The van der Waals surface area contributed by atoms with E-state index in [0.717, 1.165) is 25.9 Å². The summed E-state index contributed by atoms with van der Waals surface area (Å²) in [6.07, 6.45) is 5.98. The molecule has 2 fully saturated rings. The summed E-state index contributed by atoms with van der Waals surface area (Å²) < 4.78 is 0. The maximum absolute atomic E-state index is 12.6. The Morgan fingerprint density at radius 1 is 1.13 bits per heavy atom. The molecule has 5 heteroatoms. The van der Waals surface area contributed by atoms with E-state index in [-0.39, 0.29) is 30.2 Å². The molecule has 1 atom stereocenters. The third-order valence-corrected chi connectivity index (χ3v) is 4.97. The number of amides is 1. The van der Waals surface area contributed by atoms with Crippen molar-refractivity contribution in [2.45, 2.75) is 50.6 Å². The van der Waals surface area contributed by atoms with Gasteiger partial charge in [0.2, 0.25) is 5.91 Å². The topological polar surface area (TPSA) is 49.2 Å². The lowest BCUT2D eigenvalue weighted by atomic mass is 9.95. The number of rotatable bonds is 6. The van der Waals surface area contributed by atoms with Crippen LogP contribution in [-0.4, -0.2) is 41.8 Å². The molecule has 23 heavy (non-hydrogen) atoms. The molecule has 1 heterocycles. The average Bonchev–Trinajstić information content (AvgIpc) is 3.38. The van der Waals surface area contributed by atoms with Crippen LogP contribution in [0.15, 0.2) is 24.3 Å². The Morgan fingerprint density at radius 3 is 2.39 bits per heavy atom. The van der Waals surface area contributed by atoms with E-state index in [1.165, 1.54) is 19.3 Å². The Balaban J connectivity index is 1.60. The largest absolute Gasteiger partial charge is 0.352 e. The van der Waals surface area contributed by atoms with Crippen LogP contribution in [0.4, 0.5) is 0 Å². The van der Waals surface area contributed by atoms with Gasteiger partial charge < -0.3 is 5.32 Å². The fraction of sp³-hybridized carbons (Fsp3) is 0.556. The third kappa shape index (κ3) is 4.55. The summed E-state index contributed by atoms with van der Waals surface area (Å²) in [6, 6.07) is 6.82. The van der Waals surface area contributed by atoms with Crippen molar-refractivity contribution in [1.29, 1.82) is 0 Å². The number of carbonyl (C=O) groups excluding carboxylic acids is 2. The Bertz CT molecular complexity index is 563. The molecule has 1 aromatic rings. The number of halogens is 1. The van der Waals surface area contributed by atoms with Crippen molar-refractivity contribution >= 4 is 23.3 Å². The van der Waals surface area contributed by atoms with Crippen LogP contribution in [-0.2, 0) is 4.79 Å². The number of nitrogens with zero attached hydrogens (tertiary/aromatic N) is 1. The summed E-state index contributed by atoms with van der Waals surface area (Å²) in [5.74, 6) is 0.00840. The fourth-order valence-electron chi connectivity index (χ4n) is 3.23. The summed E-state index contributed by atoms with van der Waals surface area (Å²) in [5.41, 5.74) is 0.617. The number of ketones is 1. The molecule has 3 rings (SSSR count). The van der Waals surface area contributed by atoms with E-state index in [4.69, 9.17) is 11.6 Å². The molecular formula is C18H23ClN2O2. The Kier molecular flexibility index (Phi) is 5.34. The first-order valence-electron chi connectivity index (χ1n) is 8.46. The number of nitrogens with one attached hydrogen (secondary N) is 1. The summed E-state index contributed by atoms with van der Waals surface area (Å²) in [4.78, 5) is 27.1. The molecule has 2 aliphatic rings. The smallest absolute Gasteiger partial charge is 0.238 e. The average molecular weight is 335 g/mol. The molecule has 0 spiro atoms. The van der Waals surface area contributed by atoms with Crippen LogP contribution in [0.5, 0.6) is 0 Å². The fourth-order valence-corrected chi connectivity index (χ4v) is 3.36. The van der Waals surface area contributed by atoms with E-state index in [2.05, 4.69) is 10.2 Å². The predicted octanol–water partition coefficient (Wildman–Crippen LogP) is 3.05. The highest BCUT2D eigenvalue weighted by Gasteiger charge is 2.35. The van der Waals surface area contributed by atoms with E-state index in [0.29, 0.717) is 10.6 Å². The highest BCUT2D eigenvalue weighted by molar-refractivity contribution is 6.30. The van der Waals surface area contributed by atoms with E-state index < -0.39 is 0 Å². The first kappa shape index (κ1) is 16.5. The molecule has 124 valence electrons. The lowest BCUT2D eigenvalue weighted by Gasteiger charge is -2.26. The summed E-state index contributed by atoms with van der Waals surface area (Å²) in [6.45, 7) is 1.80. The van der Waals surface area contributed by atoms with Crippen molar-refractivity contribution in [1.82, 2.24) is 10.2 Å². The lowest BCUT2D eigenvalue weighted by Crippen LogP contribution is -2.46. The number of benzene rings is 1. The summed E-state index contributed by atoms with van der Waals surface area (Å²) >= 11 is 5.86. The first-order valence-corrected chi connectivity index (χ1v) is 8.84. The van der Waals surface area contributed by atoms with Gasteiger partial charge in [0.05, 0.1) is 6.04 Å². The van der Waals surface area contributed by atoms with Crippen LogP contribution in [0.2, 0.25) is 5.02 Å². The molecule has 1 aliphatic heterocycles. The van der Waals surface area contributed by atoms with Gasteiger partial charge in [-0.1, -0.05) is 30.9 Å². The second kappa shape index (κ2) is 7.45. The molecule has 0 bridgehead atoms. The summed E-state index contributed by atoms with van der Waals surface area (Å²) in [7, 11) is 0. The van der Waals surface area contributed by atoms with Crippen LogP contribution < -0.4 is 5.32 Å². The Hall–Kier alpha value is -1.39. The second-order valence-electron chi connectivity index (χ2n) is 6.53. The molecule has 1 aromatic carbocycles. The van der Waals surface area contributed by atoms with Crippen LogP contribution >= 0.6 is 11.6 Å². The molecule has 1 aliphatic carbocycles. The van der Waals surface area contributed by atoms with Crippen molar-refractivity contribution in [3.05, 3.63) is 34.9 Å². The molecular weight excluding hydrogens is 312 g/mol. The van der Waals surface area contributed by atoms with Gasteiger partial charge in [-0.2, -0.15) is 0 Å². The van der Waals surface area contributed by atoms with Gasteiger partial charge in [0.25, 0.3) is 0 Å². The number of hydrogen-bond donors (Lipinski definition) is 1. The maximum Gasteiger partial charge on any atom is 0.238 e. The quantitative estimate of drug-likeness (QED) is 0.642. The first-order chi connectivity index (χ1) is 11.1. The minimum Gasteiger partial charge on any atom is -0.352 e. The number of hydrogen-bond acceptors (Lipinski definition) is 3. The van der Waals surface area contributed by atoms with E-state index >= 15 is 0 Å². The summed E-state index contributed by atoms with van der Waals surface area (Å²) in [5, 5.41) is 3.76. The van der Waals surface area contributed by atoms with Crippen molar-refractivity contribution < 1.29 is 9.59 Å². The van der Waals surface area contributed by atoms with E-state index in [1.54, 1.807) is 24.3 Å². The highest BCUT2D eigenvalue weighted by Crippen LogP contribution is 2.21. The predicted molar refractivity (Wildman–Crippen MR) is 90.8 cm³/mol. The van der Waals surface area contributed by atoms with Crippen LogP contribution in [0.25, 0.3) is 0 Å². The van der Waals surface area contributed by atoms with Crippen LogP contribution in [0.3, 0.4) is 0 Å². The highest BCUT2D eigenvalue weighted by atomic mass is 35.5. The van der Waals surface area contributed by atoms with Gasteiger partial charge in [-0.3, -0.25) is 14.5 Å². The molecule has 0 aromatic heterocycles. The SMILES string of the molecule is O=C(CC(C(=O)NC1CCCCC1)N1CC1)c1ccc(Cl)cc1. The molecule has 1 N–H and O–H groups in total. The normalized spacial score (nSPS) is 20.0. The number of Topliss-reactive ketones (excluding diaryl/α,β-unsaturated/α-hetero) is 1. The molecule has 1 saturated heterocycles. The minimum absolute atomic E-state index is 0.00244.